The van der Waals surface area contributed by atoms with Crippen molar-refractivity contribution in [3.05, 3.63) is 64.2 Å². The van der Waals surface area contributed by atoms with Crippen LogP contribution in [0.1, 0.15) is 27.9 Å². The van der Waals surface area contributed by atoms with Crippen molar-refractivity contribution in [3.8, 4) is 0 Å². The predicted octanol–water partition coefficient (Wildman–Crippen LogP) is 3.06. The van der Waals surface area contributed by atoms with Gasteiger partial charge in [0.05, 0.1) is 6.42 Å². The maximum absolute atomic E-state index is 12.4. The number of anilines is 1. The van der Waals surface area contributed by atoms with Gasteiger partial charge >= 0.3 is 0 Å². The number of hydrogen-bond acceptors (Lipinski definition) is 3. The molecule has 2 N–H and O–H groups in total. The quantitative estimate of drug-likeness (QED) is 0.855. The summed E-state index contributed by atoms with van der Waals surface area (Å²) in [4.78, 5) is 24.5. The number of ketones is 1. The van der Waals surface area contributed by atoms with E-state index in [2.05, 4.69) is 5.32 Å². The number of Topliss-reactive ketones (excluding diaryl/α,β-unsaturated/α-hetero) is 1. The summed E-state index contributed by atoms with van der Waals surface area (Å²) in [7, 11) is 0. The zero-order chi connectivity index (χ0) is 15.9. The summed E-state index contributed by atoms with van der Waals surface area (Å²) in [6, 6.07) is 11.8. The van der Waals surface area contributed by atoms with Crippen LogP contribution < -0.4 is 5.32 Å². The fourth-order valence-corrected chi connectivity index (χ4v) is 2.74. The number of benzene rings is 2. The Morgan fingerprint density at radius 3 is 2.59 bits per heavy atom. The molecule has 0 saturated carbocycles. The molecule has 22 heavy (non-hydrogen) atoms. The molecule has 112 valence electrons. The van der Waals surface area contributed by atoms with Gasteiger partial charge in [0.15, 0.2) is 11.4 Å². The number of carbonyl (C=O) groups excluding carboxylic acids is 2. The van der Waals surface area contributed by atoms with Crippen molar-refractivity contribution in [3.63, 3.8) is 0 Å². The van der Waals surface area contributed by atoms with Gasteiger partial charge in [0.1, 0.15) is 0 Å². The molecule has 1 atom stereocenters. The fourth-order valence-electron chi connectivity index (χ4n) is 2.57. The number of nitrogens with one attached hydrogen (secondary N) is 1. The number of aliphatic hydroxyl groups is 1. The van der Waals surface area contributed by atoms with Gasteiger partial charge in [0.2, 0.25) is 0 Å². The molecule has 0 bridgehead atoms. The second-order valence-electron chi connectivity index (χ2n) is 5.47. The SMILES string of the molecule is Cc1ccc(C(=O)C[C@]2(O)C(=O)Nc3ccc(Cl)cc32)cc1. The van der Waals surface area contributed by atoms with E-state index in [0.717, 1.165) is 5.56 Å². The van der Waals surface area contributed by atoms with Crippen LogP contribution in [0.15, 0.2) is 42.5 Å². The lowest BCUT2D eigenvalue weighted by molar-refractivity contribution is -0.133. The van der Waals surface area contributed by atoms with Crippen LogP contribution in [0.2, 0.25) is 5.02 Å². The van der Waals surface area contributed by atoms with Crippen LogP contribution in [0.5, 0.6) is 0 Å². The number of aryl methyl sites for hydroxylation is 1. The predicted molar refractivity (Wildman–Crippen MR) is 84.1 cm³/mol. The first-order valence-corrected chi connectivity index (χ1v) is 7.22. The Morgan fingerprint density at radius 2 is 1.91 bits per heavy atom. The molecule has 2 aromatic rings. The topological polar surface area (TPSA) is 66.4 Å². The van der Waals surface area contributed by atoms with E-state index >= 15 is 0 Å². The highest BCUT2D eigenvalue weighted by Gasteiger charge is 2.46. The van der Waals surface area contributed by atoms with Gasteiger partial charge in [-0.1, -0.05) is 41.4 Å². The van der Waals surface area contributed by atoms with E-state index in [9.17, 15) is 14.7 Å². The molecule has 4 nitrogen and oxygen atoms in total. The highest BCUT2D eigenvalue weighted by atomic mass is 35.5. The van der Waals surface area contributed by atoms with E-state index < -0.39 is 11.5 Å². The van der Waals surface area contributed by atoms with Crippen LogP contribution >= 0.6 is 11.6 Å². The maximum Gasteiger partial charge on any atom is 0.261 e. The Balaban J connectivity index is 1.94. The van der Waals surface area contributed by atoms with Gasteiger partial charge in [0.25, 0.3) is 5.91 Å². The third-order valence-corrected chi connectivity index (χ3v) is 4.08. The first-order valence-electron chi connectivity index (χ1n) is 6.84. The Morgan fingerprint density at radius 1 is 1.23 bits per heavy atom. The zero-order valence-corrected chi connectivity index (χ0v) is 12.6. The Bertz CT molecular complexity index is 770. The van der Waals surface area contributed by atoms with Gasteiger partial charge in [-0.2, -0.15) is 0 Å². The van der Waals surface area contributed by atoms with Crippen LogP contribution in [-0.2, 0) is 10.4 Å². The lowest BCUT2D eigenvalue weighted by Gasteiger charge is -2.20. The maximum atomic E-state index is 12.4. The molecule has 0 aliphatic carbocycles. The molecule has 1 aliphatic heterocycles. The lowest BCUT2D eigenvalue weighted by atomic mass is 9.88. The van der Waals surface area contributed by atoms with Gasteiger partial charge in [-0.3, -0.25) is 9.59 Å². The number of amides is 1. The van der Waals surface area contributed by atoms with Gasteiger partial charge in [-0.05, 0) is 25.1 Å². The van der Waals surface area contributed by atoms with Gasteiger partial charge < -0.3 is 10.4 Å². The molecule has 2 aromatic carbocycles. The molecule has 3 rings (SSSR count). The molecule has 1 amide bonds. The smallest absolute Gasteiger partial charge is 0.261 e. The molecule has 0 fully saturated rings. The summed E-state index contributed by atoms with van der Waals surface area (Å²) >= 11 is 5.93. The van der Waals surface area contributed by atoms with Crippen molar-refractivity contribution in [1.29, 1.82) is 0 Å². The number of rotatable bonds is 3. The number of halogens is 1. The minimum absolute atomic E-state index is 0.300. The number of carbonyl (C=O) groups is 2. The molecular weight excluding hydrogens is 302 g/mol. The standard InChI is InChI=1S/C17H14ClNO3/c1-10-2-4-11(5-3-10)15(20)9-17(22)13-8-12(18)6-7-14(13)19-16(17)21/h2-8,22H,9H2,1H3,(H,19,21)/t17-/m1/s1. The third kappa shape index (κ3) is 2.40. The molecule has 1 heterocycles. The highest BCUT2D eigenvalue weighted by Crippen LogP contribution is 2.40. The molecule has 5 heteroatoms. The van der Waals surface area contributed by atoms with Crippen LogP contribution in [0.25, 0.3) is 0 Å². The second-order valence-corrected chi connectivity index (χ2v) is 5.91. The number of fused-ring (bicyclic) bond motifs is 1. The van der Waals surface area contributed by atoms with Crippen molar-refractivity contribution < 1.29 is 14.7 Å². The van der Waals surface area contributed by atoms with E-state index in [1.807, 2.05) is 19.1 Å². The molecule has 0 spiro atoms. The minimum Gasteiger partial charge on any atom is -0.375 e. The normalized spacial score (nSPS) is 19.7. The van der Waals surface area contributed by atoms with Crippen LogP contribution in [0.3, 0.4) is 0 Å². The Labute approximate surface area is 132 Å². The molecule has 0 aromatic heterocycles. The van der Waals surface area contributed by atoms with Crippen LogP contribution in [-0.4, -0.2) is 16.8 Å². The third-order valence-electron chi connectivity index (χ3n) is 3.84. The Kier molecular flexibility index (Phi) is 3.51. The zero-order valence-electron chi connectivity index (χ0n) is 11.9. The summed E-state index contributed by atoms with van der Waals surface area (Å²) in [5.41, 5.74) is 0.426. The second kappa shape index (κ2) is 5.23. The molecule has 0 saturated heterocycles. The van der Waals surface area contributed by atoms with Crippen molar-refractivity contribution in [2.75, 3.05) is 5.32 Å². The van der Waals surface area contributed by atoms with Crippen molar-refractivity contribution in [2.45, 2.75) is 18.9 Å². The van der Waals surface area contributed by atoms with E-state index in [-0.39, 0.29) is 12.2 Å². The van der Waals surface area contributed by atoms with Crippen LogP contribution in [0.4, 0.5) is 5.69 Å². The van der Waals surface area contributed by atoms with Crippen molar-refractivity contribution in [2.24, 2.45) is 0 Å². The average Bonchev–Trinajstić information content (AvgIpc) is 2.71. The summed E-state index contributed by atoms with van der Waals surface area (Å²) in [5, 5.41) is 13.7. The summed E-state index contributed by atoms with van der Waals surface area (Å²) in [5.74, 6) is -0.907. The van der Waals surface area contributed by atoms with Crippen LogP contribution in [0, 0.1) is 6.92 Å². The van der Waals surface area contributed by atoms with Gasteiger partial charge in [-0.15, -0.1) is 0 Å². The largest absolute Gasteiger partial charge is 0.375 e. The van der Waals surface area contributed by atoms with Crippen molar-refractivity contribution >= 4 is 29.0 Å². The van der Waals surface area contributed by atoms with E-state index in [0.29, 0.717) is 21.8 Å². The van der Waals surface area contributed by atoms with E-state index in [1.165, 1.54) is 6.07 Å². The minimum atomic E-state index is -1.89. The molecule has 0 unspecified atom stereocenters. The number of hydrogen-bond donors (Lipinski definition) is 2. The first kappa shape index (κ1) is 14.8. The highest BCUT2D eigenvalue weighted by molar-refractivity contribution is 6.31. The monoisotopic (exact) mass is 315 g/mol. The molecular formula is C17H14ClNO3. The Hall–Kier alpha value is -2.17. The molecule has 0 radical (unpaired) electrons. The molecule has 1 aliphatic rings. The van der Waals surface area contributed by atoms with E-state index in [1.54, 1.807) is 24.3 Å². The summed E-state index contributed by atoms with van der Waals surface area (Å²) < 4.78 is 0. The summed E-state index contributed by atoms with van der Waals surface area (Å²) in [6.07, 6.45) is -0.324. The van der Waals surface area contributed by atoms with Gasteiger partial charge in [0, 0.05) is 21.8 Å². The first-order chi connectivity index (χ1) is 10.4. The average molecular weight is 316 g/mol. The van der Waals surface area contributed by atoms with Crippen molar-refractivity contribution in [1.82, 2.24) is 0 Å². The summed E-state index contributed by atoms with van der Waals surface area (Å²) in [6.45, 7) is 1.92. The fraction of sp³-hybridized carbons (Fsp3) is 0.176. The van der Waals surface area contributed by atoms with Gasteiger partial charge in [-0.25, -0.2) is 0 Å². The van der Waals surface area contributed by atoms with E-state index in [4.69, 9.17) is 11.6 Å². The lowest BCUT2D eigenvalue weighted by Crippen LogP contribution is -2.36.